The van der Waals surface area contributed by atoms with E-state index in [0.29, 0.717) is 5.41 Å². The van der Waals surface area contributed by atoms with E-state index in [-0.39, 0.29) is 0 Å². The van der Waals surface area contributed by atoms with Crippen LogP contribution in [-0.4, -0.2) is 12.6 Å². The molecule has 4 rings (SSSR count). The third kappa shape index (κ3) is 0.910. The minimum absolute atomic E-state index is 0.510. The summed E-state index contributed by atoms with van der Waals surface area (Å²) in [6.07, 6.45) is 2.72. The highest BCUT2D eigenvalue weighted by atomic mass is 15.0. The molecule has 1 heteroatoms. The average Bonchev–Trinajstić information content (AvgIpc) is 2.63. The fourth-order valence-electron chi connectivity index (χ4n) is 2.99. The predicted octanol–water partition coefficient (Wildman–Crippen LogP) is 2.00. The van der Waals surface area contributed by atoms with E-state index in [0.717, 1.165) is 6.04 Å². The molecule has 2 bridgehead atoms. The van der Waals surface area contributed by atoms with Gasteiger partial charge in [0.15, 0.2) is 0 Å². The van der Waals surface area contributed by atoms with Gasteiger partial charge in [0, 0.05) is 18.0 Å². The maximum Gasteiger partial charge on any atom is 0.0110 e. The van der Waals surface area contributed by atoms with Crippen molar-refractivity contribution in [3.8, 4) is 0 Å². The summed E-state index contributed by atoms with van der Waals surface area (Å²) in [7, 11) is 0. The van der Waals surface area contributed by atoms with E-state index in [1.165, 1.54) is 24.9 Å². The Kier molecular flexibility index (Phi) is 1.37. The van der Waals surface area contributed by atoms with Crippen LogP contribution in [0.5, 0.6) is 0 Å². The van der Waals surface area contributed by atoms with E-state index in [1.807, 2.05) is 0 Å². The molecule has 13 heavy (non-hydrogen) atoms. The predicted molar refractivity (Wildman–Crippen MR) is 53.9 cm³/mol. The summed E-state index contributed by atoms with van der Waals surface area (Å²) in [4.78, 5) is 0. The molecular weight excluding hydrogens is 158 g/mol. The molecule has 2 heterocycles. The van der Waals surface area contributed by atoms with Gasteiger partial charge in [0.25, 0.3) is 0 Å². The van der Waals surface area contributed by atoms with E-state index in [4.69, 9.17) is 0 Å². The molecule has 3 fully saturated rings. The van der Waals surface area contributed by atoms with E-state index < -0.39 is 0 Å². The summed E-state index contributed by atoms with van der Waals surface area (Å²) in [6, 6.07) is 9.66. The monoisotopic (exact) mass is 173 g/mol. The van der Waals surface area contributed by atoms with Crippen LogP contribution in [0.1, 0.15) is 24.0 Å². The topological polar surface area (TPSA) is 12.0 Å². The molecule has 1 aromatic rings. The van der Waals surface area contributed by atoms with E-state index in [9.17, 15) is 0 Å². The first-order valence-corrected chi connectivity index (χ1v) is 5.10. The SMILES string of the molecule is Cc1ccccc1C12CNC(C1)C2. The minimum Gasteiger partial charge on any atom is -0.313 e. The van der Waals surface area contributed by atoms with Gasteiger partial charge in [-0.1, -0.05) is 24.3 Å². The quantitative estimate of drug-likeness (QED) is 0.685. The van der Waals surface area contributed by atoms with Crippen LogP contribution in [0.25, 0.3) is 0 Å². The van der Waals surface area contributed by atoms with Gasteiger partial charge in [-0.2, -0.15) is 0 Å². The molecular formula is C12H15N. The van der Waals surface area contributed by atoms with Crippen LogP contribution in [-0.2, 0) is 5.41 Å². The first-order chi connectivity index (χ1) is 6.30. The minimum atomic E-state index is 0.510. The first-order valence-electron chi connectivity index (χ1n) is 5.10. The summed E-state index contributed by atoms with van der Waals surface area (Å²) in [5.74, 6) is 0. The smallest absolute Gasteiger partial charge is 0.0110 e. The third-order valence-corrected chi connectivity index (χ3v) is 3.72. The highest BCUT2D eigenvalue weighted by Crippen LogP contribution is 2.49. The Morgan fingerprint density at radius 2 is 2.08 bits per heavy atom. The van der Waals surface area contributed by atoms with Gasteiger partial charge in [-0.05, 0) is 30.9 Å². The van der Waals surface area contributed by atoms with E-state index in [1.54, 1.807) is 5.56 Å². The van der Waals surface area contributed by atoms with Crippen LogP contribution < -0.4 is 5.32 Å². The van der Waals surface area contributed by atoms with Crippen molar-refractivity contribution in [2.45, 2.75) is 31.2 Å². The summed E-state index contributed by atoms with van der Waals surface area (Å²) in [5.41, 5.74) is 3.55. The van der Waals surface area contributed by atoms with Gasteiger partial charge in [-0.25, -0.2) is 0 Å². The molecule has 2 aliphatic heterocycles. The van der Waals surface area contributed by atoms with E-state index >= 15 is 0 Å². The third-order valence-electron chi connectivity index (χ3n) is 3.72. The van der Waals surface area contributed by atoms with E-state index in [2.05, 4.69) is 36.5 Å². The molecule has 0 radical (unpaired) electrons. The highest BCUT2D eigenvalue weighted by molar-refractivity contribution is 5.39. The Bertz CT molecular complexity index is 331. The molecule has 1 aliphatic carbocycles. The number of hydrogen-bond donors (Lipinski definition) is 1. The zero-order chi connectivity index (χ0) is 8.89. The van der Waals surface area contributed by atoms with Gasteiger partial charge < -0.3 is 5.32 Å². The van der Waals surface area contributed by atoms with Crippen molar-refractivity contribution < 1.29 is 0 Å². The van der Waals surface area contributed by atoms with Crippen LogP contribution in [0.2, 0.25) is 0 Å². The molecule has 0 unspecified atom stereocenters. The number of hydrogen-bond acceptors (Lipinski definition) is 1. The lowest BCUT2D eigenvalue weighted by Crippen LogP contribution is -2.38. The zero-order valence-corrected chi connectivity index (χ0v) is 8.01. The Balaban J connectivity index is 2.05. The molecule has 1 nitrogen and oxygen atoms in total. The molecule has 2 saturated heterocycles. The molecule has 1 N–H and O–H groups in total. The van der Waals surface area contributed by atoms with Gasteiger partial charge in [0.1, 0.15) is 0 Å². The molecule has 68 valence electrons. The number of benzene rings is 1. The summed E-state index contributed by atoms with van der Waals surface area (Å²) in [6.45, 7) is 3.43. The Labute approximate surface area is 79.2 Å². The summed E-state index contributed by atoms with van der Waals surface area (Å²) >= 11 is 0. The lowest BCUT2D eigenvalue weighted by molar-refractivity contribution is 0.303. The summed E-state index contributed by atoms with van der Waals surface area (Å²) in [5, 5.41) is 3.56. The van der Waals surface area contributed by atoms with Crippen LogP contribution >= 0.6 is 0 Å². The normalized spacial score (nSPS) is 35.9. The second-order valence-corrected chi connectivity index (χ2v) is 4.58. The zero-order valence-electron chi connectivity index (χ0n) is 8.01. The molecule has 0 atom stereocenters. The second kappa shape index (κ2) is 2.36. The Hall–Kier alpha value is -0.820. The van der Waals surface area contributed by atoms with Crippen molar-refractivity contribution >= 4 is 0 Å². The molecule has 3 aliphatic rings. The summed E-state index contributed by atoms with van der Waals surface area (Å²) < 4.78 is 0. The number of fused-ring (bicyclic) bond motifs is 1. The van der Waals surface area contributed by atoms with Gasteiger partial charge in [0.2, 0.25) is 0 Å². The Morgan fingerprint density at radius 1 is 1.31 bits per heavy atom. The maximum atomic E-state index is 3.56. The number of rotatable bonds is 1. The van der Waals surface area contributed by atoms with Crippen molar-refractivity contribution in [3.05, 3.63) is 35.4 Å². The van der Waals surface area contributed by atoms with Gasteiger partial charge in [0.05, 0.1) is 0 Å². The maximum absolute atomic E-state index is 3.56. The van der Waals surface area contributed by atoms with Crippen molar-refractivity contribution in [3.63, 3.8) is 0 Å². The second-order valence-electron chi connectivity index (χ2n) is 4.58. The van der Waals surface area contributed by atoms with Gasteiger partial charge in [-0.3, -0.25) is 0 Å². The lowest BCUT2D eigenvalue weighted by atomic mass is 9.65. The molecule has 0 spiro atoms. The van der Waals surface area contributed by atoms with Crippen LogP contribution in [0, 0.1) is 6.92 Å². The number of aryl methyl sites for hydroxylation is 1. The van der Waals surface area contributed by atoms with Crippen molar-refractivity contribution in [1.29, 1.82) is 0 Å². The van der Waals surface area contributed by atoms with Crippen molar-refractivity contribution in [2.24, 2.45) is 0 Å². The highest BCUT2D eigenvalue weighted by Gasteiger charge is 2.51. The standard InChI is InChI=1S/C12H15N/c1-9-4-2-3-5-11(9)12-6-10(7-12)13-8-12/h2-5,10,13H,6-8H2,1H3. The van der Waals surface area contributed by atoms with Crippen molar-refractivity contribution in [2.75, 3.05) is 6.54 Å². The van der Waals surface area contributed by atoms with Gasteiger partial charge >= 0.3 is 0 Å². The fraction of sp³-hybridized carbons (Fsp3) is 0.500. The molecule has 0 aromatic heterocycles. The van der Waals surface area contributed by atoms with Crippen LogP contribution in [0.4, 0.5) is 0 Å². The van der Waals surface area contributed by atoms with Crippen LogP contribution in [0.3, 0.4) is 0 Å². The average molecular weight is 173 g/mol. The fourth-order valence-corrected chi connectivity index (χ4v) is 2.99. The van der Waals surface area contributed by atoms with Gasteiger partial charge in [-0.15, -0.1) is 0 Å². The number of nitrogens with one attached hydrogen (secondary N) is 1. The largest absolute Gasteiger partial charge is 0.313 e. The first kappa shape index (κ1) is 7.57. The lowest BCUT2D eigenvalue weighted by Gasteiger charge is -2.38. The Morgan fingerprint density at radius 3 is 2.69 bits per heavy atom. The molecule has 1 saturated carbocycles. The van der Waals surface area contributed by atoms with Crippen LogP contribution in [0.15, 0.2) is 24.3 Å². The molecule has 1 aromatic carbocycles. The molecule has 0 amide bonds. The van der Waals surface area contributed by atoms with Crippen molar-refractivity contribution in [1.82, 2.24) is 5.32 Å².